The van der Waals surface area contributed by atoms with Crippen molar-refractivity contribution in [2.24, 2.45) is 0 Å². The number of nitrogens with zero attached hydrogens (tertiary/aromatic N) is 3. The van der Waals surface area contributed by atoms with Crippen LogP contribution in [0.25, 0.3) is 6.08 Å². The fraction of sp³-hybridized carbons (Fsp3) is 0.222. The summed E-state index contributed by atoms with van der Waals surface area (Å²) in [4.78, 5) is 32.6. The number of carbonyl (C=O) groups excluding carboxylic acids is 2. The minimum atomic E-state index is -0.770. The minimum Gasteiger partial charge on any atom is -0.467 e. The van der Waals surface area contributed by atoms with Gasteiger partial charge in [0.15, 0.2) is 0 Å². The number of rotatable bonds is 6. The van der Waals surface area contributed by atoms with Crippen LogP contribution in [0.1, 0.15) is 16.8 Å². The summed E-state index contributed by atoms with van der Waals surface area (Å²) < 4.78 is 4.80. The maximum absolute atomic E-state index is 12.4. The van der Waals surface area contributed by atoms with E-state index in [2.05, 4.69) is 9.97 Å². The van der Waals surface area contributed by atoms with Gasteiger partial charge in [0, 0.05) is 31.4 Å². The highest BCUT2D eigenvalue weighted by Gasteiger charge is 2.27. The summed E-state index contributed by atoms with van der Waals surface area (Å²) in [6.45, 7) is 0. The molecule has 0 fully saturated rings. The molecule has 1 aromatic carbocycles. The van der Waals surface area contributed by atoms with Crippen molar-refractivity contribution >= 4 is 18.0 Å². The summed E-state index contributed by atoms with van der Waals surface area (Å²) in [7, 11) is 2.82. The molecule has 1 N–H and O–H groups in total. The molecule has 2 rings (SSSR count). The molecule has 1 heterocycles. The van der Waals surface area contributed by atoms with Crippen LogP contribution in [-0.4, -0.2) is 46.9 Å². The van der Waals surface area contributed by atoms with Crippen LogP contribution in [0.2, 0.25) is 0 Å². The van der Waals surface area contributed by atoms with Crippen LogP contribution in [0.15, 0.2) is 42.9 Å². The Morgan fingerprint density at radius 2 is 2.28 bits per heavy atom. The van der Waals surface area contributed by atoms with Gasteiger partial charge in [0.1, 0.15) is 6.04 Å². The van der Waals surface area contributed by atoms with Gasteiger partial charge in [-0.1, -0.05) is 12.1 Å². The average molecular weight is 338 g/mol. The molecule has 25 heavy (non-hydrogen) atoms. The lowest BCUT2D eigenvalue weighted by atomic mass is 10.1. The third-order valence-electron chi connectivity index (χ3n) is 3.69. The molecule has 7 heteroatoms. The molecule has 0 radical (unpaired) electrons. The molecular weight excluding hydrogens is 320 g/mol. The molecule has 0 aliphatic heterocycles. The zero-order valence-corrected chi connectivity index (χ0v) is 14.0. The number of nitriles is 1. The van der Waals surface area contributed by atoms with Gasteiger partial charge in [-0.15, -0.1) is 0 Å². The Morgan fingerprint density at radius 3 is 2.92 bits per heavy atom. The van der Waals surface area contributed by atoms with Gasteiger partial charge in [0.25, 0.3) is 0 Å². The lowest BCUT2D eigenvalue weighted by molar-refractivity contribution is -0.150. The number of imidazole rings is 1. The molecule has 1 amide bonds. The molecule has 7 nitrogen and oxygen atoms in total. The van der Waals surface area contributed by atoms with E-state index in [9.17, 15) is 9.59 Å². The first-order valence-electron chi connectivity index (χ1n) is 7.55. The molecule has 0 bridgehead atoms. The second kappa shape index (κ2) is 8.45. The number of aromatic nitrogens is 2. The van der Waals surface area contributed by atoms with Gasteiger partial charge in [0.05, 0.1) is 25.1 Å². The zero-order chi connectivity index (χ0) is 18.2. The third kappa shape index (κ3) is 4.78. The fourth-order valence-electron chi connectivity index (χ4n) is 2.27. The number of carbonyl (C=O) groups is 2. The lowest BCUT2D eigenvalue weighted by Crippen LogP contribution is -2.43. The first-order valence-corrected chi connectivity index (χ1v) is 7.55. The van der Waals surface area contributed by atoms with Crippen LogP contribution in [-0.2, 0) is 20.7 Å². The van der Waals surface area contributed by atoms with E-state index in [-0.39, 0.29) is 12.3 Å². The number of methoxy groups -OCH3 is 1. The SMILES string of the molecule is COC(=O)[C@H](Cc1cnc[nH]1)N(C)C(=O)C=Cc1cccc(C#N)c1. The highest BCUT2D eigenvalue weighted by atomic mass is 16.5. The predicted octanol–water partition coefficient (Wildman–Crippen LogP) is 1.54. The normalized spacial score (nSPS) is 11.7. The first kappa shape index (κ1) is 17.9. The number of amides is 1. The van der Waals surface area contributed by atoms with Crippen molar-refractivity contribution in [3.05, 3.63) is 59.7 Å². The van der Waals surface area contributed by atoms with Crippen molar-refractivity contribution in [1.82, 2.24) is 14.9 Å². The average Bonchev–Trinajstić information content (AvgIpc) is 3.16. The van der Waals surface area contributed by atoms with Crippen LogP contribution in [0, 0.1) is 11.3 Å². The van der Waals surface area contributed by atoms with Gasteiger partial charge < -0.3 is 14.6 Å². The van der Waals surface area contributed by atoms with E-state index in [1.807, 2.05) is 6.07 Å². The van der Waals surface area contributed by atoms with Gasteiger partial charge in [0.2, 0.25) is 5.91 Å². The standard InChI is InChI=1S/C18H18N4O3/c1-22(16(18(24)25-2)9-15-11-20-12-21-15)17(23)7-6-13-4-3-5-14(8-13)10-19/h3-8,11-12,16H,9H2,1-2H3,(H,20,21)/t16-/m0/s1. The second-order valence-electron chi connectivity index (χ2n) is 5.34. The number of benzene rings is 1. The van der Waals surface area contributed by atoms with E-state index in [4.69, 9.17) is 10.00 Å². The Balaban J connectivity index is 2.12. The summed E-state index contributed by atoms with van der Waals surface area (Å²) in [5, 5.41) is 8.90. The molecule has 1 aromatic heterocycles. The number of esters is 1. The molecule has 0 saturated heterocycles. The molecule has 1 atom stereocenters. The largest absolute Gasteiger partial charge is 0.467 e. The minimum absolute atomic E-state index is 0.271. The van der Waals surface area contributed by atoms with Gasteiger partial charge in [-0.3, -0.25) is 4.79 Å². The Morgan fingerprint density at radius 1 is 1.48 bits per heavy atom. The number of nitrogens with one attached hydrogen (secondary N) is 1. The van der Waals surface area contributed by atoms with E-state index < -0.39 is 12.0 Å². The van der Waals surface area contributed by atoms with Crippen molar-refractivity contribution in [1.29, 1.82) is 5.26 Å². The lowest BCUT2D eigenvalue weighted by Gasteiger charge is -2.24. The van der Waals surface area contributed by atoms with Crippen LogP contribution >= 0.6 is 0 Å². The van der Waals surface area contributed by atoms with Gasteiger partial charge in [-0.05, 0) is 23.8 Å². The first-order chi connectivity index (χ1) is 12.0. The summed E-state index contributed by atoms with van der Waals surface area (Å²) >= 11 is 0. The second-order valence-corrected chi connectivity index (χ2v) is 5.34. The van der Waals surface area contributed by atoms with E-state index in [0.29, 0.717) is 5.56 Å². The van der Waals surface area contributed by atoms with E-state index in [1.165, 1.54) is 31.5 Å². The summed E-state index contributed by atoms with van der Waals surface area (Å²) in [6.07, 6.45) is 6.33. The smallest absolute Gasteiger partial charge is 0.328 e. The Labute approximate surface area is 145 Å². The van der Waals surface area contributed by atoms with Crippen molar-refractivity contribution < 1.29 is 14.3 Å². The summed E-state index contributed by atoms with van der Waals surface area (Å²) in [5.41, 5.74) is 1.96. The van der Waals surface area contributed by atoms with Gasteiger partial charge in [-0.2, -0.15) is 5.26 Å². The molecule has 0 saturated carbocycles. The molecular formula is C18H18N4O3. The molecule has 0 aliphatic carbocycles. The summed E-state index contributed by atoms with van der Waals surface area (Å²) in [6, 6.07) is 8.15. The molecule has 2 aromatic rings. The van der Waals surface area contributed by atoms with E-state index in [1.54, 1.807) is 36.5 Å². The highest BCUT2D eigenvalue weighted by molar-refractivity contribution is 5.94. The quantitative estimate of drug-likeness (QED) is 0.636. The van der Waals surface area contributed by atoms with Crippen LogP contribution in [0.4, 0.5) is 0 Å². The monoisotopic (exact) mass is 338 g/mol. The topological polar surface area (TPSA) is 99.1 Å². The Kier molecular flexibility index (Phi) is 6.07. The van der Waals surface area contributed by atoms with Crippen molar-refractivity contribution in [2.75, 3.05) is 14.2 Å². The van der Waals surface area contributed by atoms with E-state index in [0.717, 1.165) is 11.3 Å². The highest BCUT2D eigenvalue weighted by Crippen LogP contribution is 2.10. The molecule has 0 aliphatic rings. The fourth-order valence-corrected chi connectivity index (χ4v) is 2.27. The summed E-state index contributed by atoms with van der Waals surface area (Å²) in [5.74, 6) is -0.859. The van der Waals surface area contributed by atoms with Crippen LogP contribution in [0.5, 0.6) is 0 Å². The third-order valence-corrected chi connectivity index (χ3v) is 3.69. The van der Waals surface area contributed by atoms with Crippen molar-refractivity contribution in [2.45, 2.75) is 12.5 Å². The van der Waals surface area contributed by atoms with Gasteiger partial charge in [-0.25, -0.2) is 9.78 Å². The number of hydrogen-bond acceptors (Lipinski definition) is 5. The Hall–Kier alpha value is -3.40. The van der Waals surface area contributed by atoms with Gasteiger partial charge >= 0.3 is 5.97 Å². The van der Waals surface area contributed by atoms with E-state index >= 15 is 0 Å². The maximum atomic E-state index is 12.4. The zero-order valence-electron chi connectivity index (χ0n) is 14.0. The number of ether oxygens (including phenoxy) is 1. The molecule has 0 unspecified atom stereocenters. The Bertz CT molecular complexity index is 806. The number of aromatic amines is 1. The number of hydrogen-bond donors (Lipinski definition) is 1. The predicted molar refractivity (Wildman–Crippen MR) is 91.1 cm³/mol. The maximum Gasteiger partial charge on any atom is 0.328 e. The van der Waals surface area contributed by atoms with Crippen LogP contribution < -0.4 is 0 Å². The molecule has 128 valence electrons. The number of H-pyrrole nitrogens is 1. The van der Waals surface area contributed by atoms with Crippen molar-refractivity contribution in [3.8, 4) is 6.07 Å². The number of likely N-dealkylation sites (N-methyl/N-ethyl adjacent to an activating group) is 1. The molecule has 0 spiro atoms. The van der Waals surface area contributed by atoms with Crippen molar-refractivity contribution in [3.63, 3.8) is 0 Å². The van der Waals surface area contributed by atoms with Crippen LogP contribution in [0.3, 0.4) is 0 Å².